The predicted molar refractivity (Wildman–Crippen MR) is 137 cm³/mol. The number of nitrogens with zero attached hydrogens (tertiary/aromatic N) is 2. The maximum absolute atomic E-state index is 12.5. The third kappa shape index (κ3) is 4.35. The van der Waals surface area contributed by atoms with Crippen LogP contribution in [0.5, 0.6) is 0 Å². The summed E-state index contributed by atoms with van der Waals surface area (Å²) in [6, 6.07) is 13.3. The normalized spacial score (nSPS) is 15.8. The molecule has 0 atom stereocenters. The Morgan fingerprint density at radius 1 is 0.912 bits per heavy atom. The van der Waals surface area contributed by atoms with E-state index in [1.165, 1.54) is 0 Å². The Morgan fingerprint density at radius 2 is 1.53 bits per heavy atom. The molecule has 0 aromatic heterocycles. The van der Waals surface area contributed by atoms with Crippen LogP contribution in [-0.2, 0) is 10.0 Å². The van der Waals surface area contributed by atoms with Crippen molar-refractivity contribution in [2.45, 2.75) is 25.7 Å². The zero-order valence-electron chi connectivity index (χ0n) is 20.0. The molecule has 0 bridgehead atoms. The molecule has 34 heavy (non-hydrogen) atoms. The Labute approximate surface area is 201 Å². The summed E-state index contributed by atoms with van der Waals surface area (Å²) >= 11 is 0. The van der Waals surface area contributed by atoms with Crippen LogP contribution in [0.15, 0.2) is 77.2 Å². The van der Waals surface area contributed by atoms with Crippen molar-refractivity contribution in [3.8, 4) is 0 Å². The summed E-state index contributed by atoms with van der Waals surface area (Å²) in [6.07, 6.45) is 8.25. The number of allylic oxidation sites excluding steroid dienone is 5. The van der Waals surface area contributed by atoms with Gasteiger partial charge in [-0.15, -0.1) is 0 Å². The Kier molecular flexibility index (Phi) is 6.57. The number of anilines is 1. The van der Waals surface area contributed by atoms with Crippen LogP contribution in [0, 0.1) is 0 Å². The van der Waals surface area contributed by atoms with Gasteiger partial charge >= 0.3 is 0 Å². The minimum Gasteiger partial charge on any atom is -0.372 e. The molecule has 1 N–H and O–H groups in total. The van der Waals surface area contributed by atoms with Crippen molar-refractivity contribution in [3.63, 3.8) is 0 Å². The van der Waals surface area contributed by atoms with Crippen molar-refractivity contribution in [2.75, 3.05) is 31.6 Å². The van der Waals surface area contributed by atoms with Crippen LogP contribution in [0.3, 0.4) is 0 Å². The van der Waals surface area contributed by atoms with E-state index in [4.69, 9.17) is 0 Å². The molecule has 7 heteroatoms. The Hall–Kier alpha value is -3.45. The lowest BCUT2D eigenvalue weighted by atomic mass is 9.90. The molecule has 2 aliphatic rings. The van der Waals surface area contributed by atoms with Crippen molar-refractivity contribution in [3.05, 3.63) is 89.0 Å². The van der Waals surface area contributed by atoms with Crippen LogP contribution in [0.25, 0.3) is 5.57 Å². The molecule has 4 rings (SSSR count). The Balaban J connectivity index is 1.88. The topological polar surface area (TPSA) is 69.5 Å². The second-order valence-corrected chi connectivity index (χ2v) is 9.95. The fourth-order valence-corrected chi connectivity index (χ4v) is 5.51. The molecule has 0 spiro atoms. The average Bonchev–Trinajstić information content (AvgIpc) is 3.08. The summed E-state index contributed by atoms with van der Waals surface area (Å²) in [4.78, 5) is 14.4. The lowest BCUT2D eigenvalue weighted by Gasteiger charge is -2.22. The van der Waals surface area contributed by atoms with Crippen molar-refractivity contribution >= 4 is 32.9 Å². The Morgan fingerprint density at radius 3 is 2.12 bits per heavy atom. The summed E-state index contributed by atoms with van der Waals surface area (Å²) < 4.78 is 29.2. The average molecular weight is 477 g/mol. The highest BCUT2D eigenvalue weighted by Gasteiger charge is 2.33. The molecule has 0 saturated carbocycles. The molecule has 0 radical (unpaired) electrons. The number of hydrogen-bond donors (Lipinski definition) is 1. The van der Waals surface area contributed by atoms with Gasteiger partial charge in [0.05, 0.1) is 5.56 Å². The second-order valence-electron chi connectivity index (χ2n) is 8.30. The number of fused-ring (bicyclic) bond motifs is 1. The molecule has 6 nitrogen and oxygen atoms in total. The third-order valence-electron chi connectivity index (χ3n) is 6.39. The van der Waals surface area contributed by atoms with E-state index in [0.29, 0.717) is 0 Å². The van der Waals surface area contributed by atoms with Gasteiger partial charge in [0.25, 0.3) is 15.9 Å². The van der Waals surface area contributed by atoms with Gasteiger partial charge in [-0.3, -0.25) is 4.79 Å². The summed E-state index contributed by atoms with van der Waals surface area (Å²) in [5, 5.41) is 0. The van der Waals surface area contributed by atoms with Crippen molar-refractivity contribution in [1.82, 2.24) is 4.72 Å². The molecule has 0 fully saturated rings. The maximum atomic E-state index is 12.5. The van der Waals surface area contributed by atoms with Crippen LogP contribution < -0.4 is 9.62 Å². The van der Waals surface area contributed by atoms with Gasteiger partial charge in [0.1, 0.15) is 18.5 Å². The first-order valence-corrected chi connectivity index (χ1v) is 13.0. The van der Waals surface area contributed by atoms with Gasteiger partial charge in [0.2, 0.25) is 0 Å². The van der Waals surface area contributed by atoms with Crippen LogP contribution in [0.4, 0.5) is 5.69 Å². The fourth-order valence-electron chi connectivity index (χ4n) is 4.31. The SMILES string of the molecule is CCN(CC)c1ccc(C(=C2C=CC(=[N+](C)CC)C=C2)c2ccc3c(c2)S(=O)(=O)NC3=O)cc1. The molecule has 2 aromatic rings. The third-order valence-corrected chi connectivity index (χ3v) is 7.76. The summed E-state index contributed by atoms with van der Waals surface area (Å²) in [5.41, 5.74) is 6.02. The van der Waals surface area contributed by atoms with Crippen LogP contribution in [0.1, 0.15) is 42.3 Å². The molecule has 1 aliphatic carbocycles. The Bertz CT molecular complexity index is 1340. The van der Waals surface area contributed by atoms with Crippen LogP contribution >= 0.6 is 0 Å². The van der Waals surface area contributed by atoms with Gasteiger partial charge in [-0.1, -0.05) is 18.2 Å². The summed E-state index contributed by atoms with van der Waals surface area (Å²) in [6.45, 7) is 9.09. The van der Waals surface area contributed by atoms with Crippen molar-refractivity contribution in [2.24, 2.45) is 0 Å². The predicted octanol–water partition coefficient (Wildman–Crippen LogP) is 4.00. The van der Waals surface area contributed by atoms with Gasteiger partial charge in [0, 0.05) is 30.9 Å². The monoisotopic (exact) mass is 476 g/mol. The molecular formula is C27H30N3O3S+. The van der Waals surface area contributed by atoms with E-state index in [9.17, 15) is 13.2 Å². The zero-order chi connectivity index (χ0) is 24.5. The standard InChI is InChI=1S/C27H29N3O3S/c1-5-29(4)22-13-8-19(9-14-22)26(20-10-15-23(16-11-20)30(6-2)7-3)21-12-17-24-25(18-21)34(32,33)28-27(24)31/h8-18H,5-7H2,1-4H3/p+1. The maximum Gasteiger partial charge on any atom is 0.266 e. The van der Waals surface area contributed by atoms with Gasteiger partial charge in [-0.2, -0.15) is 0 Å². The van der Waals surface area contributed by atoms with E-state index >= 15 is 0 Å². The van der Waals surface area contributed by atoms with E-state index in [1.807, 2.05) is 13.1 Å². The zero-order valence-corrected chi connectivity index (χ0v) is 20.8. The van der Waals surface area contributed by atoms with Gasteiger partial charge in [-0.25, -0.2) is 17.7 Å². The van der Waals surface area contributed by atoms with Gasteiger partial charge < -0.3 is 4.90 Å². The lowest BCUT2D eigenvalue weighted by Crippen LogP contribution is -2.21. The van der Waals surface area contributed by atoms with Crippen LogP contribution in [0.2, 0.25) is 0 Å². The number of nitrogens with one attached hydrogen (secondary N) is 1. The molecule has 0 unspecified atom stereocenters. The number of hydrogen-bond acceptors (Lipinski definition) is 4. The minimum atomic E-state index is -3.85. The molecule has 0 saturated heterocycles. The van der Waals surface area contributed by atoms with E-state index in [2.05, 4.69) is 83.5 Å². The molecule has 1 heterocycles. The fraction of sp³-hybridized carbons (Fsp3) is 0.259. The second kappa shape index (κ2) is 9.43. The first-order valence-electron chi connectivity index (χ1n) is 11.5. The first kappa shape index (κ1) is 23.7. The largest absolute Gasteiger partial charge is 0.372 e. The van der Waals surface area contributed by atoms with E-state index in [-0.39, 0.29) is 10.5 Å². The van der Waals surface area contributed by atoms with Crippen LogP contribution in [-0.4, -0.2) is 51.3 Å². The number of carbonyl (C=O) groups is 1. The highest BCUT2D eigenvalue weighted by Crippen LogP contribution is 2.34. The smallest absolute Gasteiger partial charge is 0.266 e. The van der Waals surface area contributed by atoms with Crippen molar-refractivity contribution < 1.29 is 17.8 Å². The molecule has 1 aliphatic heterocycles. The molecule has 2 aromatic carbocycles. The lowest BCUT2D eigenvalue weighted by molar-refractivity contribution is -0.491. The van der Waals surface area contributed by atoms with Gasteiger partial charge in [0.15, 0.2) is 5.71 Å². The number of amides is 1. The van der Waals surface area contributed by atoms with E-state index in [1.54, 1.807) is 12.1 Å². The molecule has 1 amide bonds. The molecular weight excluding hydrogens is 446 g/mol. The number of benzene rings is 2. The number of carbonyl (C=O) groups excluding carboxylic acids is 1. The highest BCUT2D eigenvalue weighted by atomic mass is 32.2. The summed E-state index contributed by atoms with van der Waals surface area (Å²) in [7, 11) is -1.80. The van der Waals surface area contributed by atoms with Crippen molar-refractivity contribution in [1.29, 1.82) is 0 Å². The molecule has 176 valence electrons. The minimum absolute atomic E-state index is 0.0228. The number of rotatable bonds is 6. The van der Waals surface area contributed by atoms with E-state index < -0.39 is 15.9 Å². The first-order chi connectivity index (χ1) is 16.3. The van der Waals surface area contributed by atoms with Gasteiger partial charge in [-0.05, 0) is 79.5 Å². The number of sulfonamides is 1. The highest BCUT2D eigenvalue weighted by molar-refractivity contribution is 7.90. The summed E-state index contributed by atoms with van der Waals surface area (Å²) in [5.74, 6) is -0.585. The quantitative estimate of drug-likeness (QED) is 0.640. The van der Waals surface area contributed by atoms with E-state index in [0.717, 1.165) is 53.3 Å².